The molecule has 5 nitrogen and oxygen atoms in total. The normalized spacial score (nSPS) is 11.5. The molecule has 0 bridgehead atoms. The summed E-state index contributed by atoms with van der Waals surface area (Å²) in [7, 11) is 0. The maximum atomic E-state index is 11.5. The van der Waals surface area contributed by atoms with Crippen LogP contribution in [0.25, 0.3) is 5.69 Å². The average Bonchev–Trinajstić information content (AvgIpc) is 2.93. The molecule has 0 saturated heterocycles. The molecule has 1 aromatic carbocycles. The molecule has 1 aromatic heterocycles. The van der Waals surface area contributed by atoms with Gasteiger partial charge in [-0.3, -0.25) is 4.79 Å². The minimum absolute atomic E-state index is 0. The average molecular weight is 295 g/mol. The summed E-state index contributed by atoms with van der Waals surface area (Å²) in [6.07, 6.45) is 5.72. The summed E-state index contributed by atoms with van der Waals surface area (Å²) in [5, 5.41) is 2.93. The second-order valence-electron chi connectivity index (χ2n) is 4.39. The van der Waals surface area contributed by atoms with Crippen LogP contribution in [0.5, 0.6) is 0 Å². The molecule has 2 rings (SSSR count). The van der Waals surface area contributed by atoms with E-state index in [2.05, 4.69) is 10.3 Å². The Kier molecular flexibility index (Phi) is 6.21. The third kappa shape index (κ3) is 4.08. The van der Waals surface area contributed by atoms with Crippen LogP contribution in [0.2, 0.25) is 0 Å². The van der Waals surface area contributed by atoms with Crippen molar-refractivity contribution in [3.63, 3.8) is 0 Å². The van der Waals surface area contributed by atoms with Crippen molar-refractivity contribution in [2.45, 2.75) is 19.4 Å². The van der Waals surface area contributed by atoms with Gasteiger partial charge >= 0.3 is 0 Å². The quantitative estimate of drug-likeness (QED) is 0.883. The number of carbonyl (C=O) groups excluding carboxylic acids is 1. The Balaban J connectivity index is 0.00000200. The van der Waals surface area contributed by atoms with Gasteiger partial charge in [-0.05, 0) is 24.6 Å². The summed E-state index contributed by atoms with van der Waals surface area (Å²) in [4.78, 5) is 15.6. The van der Waals surface area contributed by atoms with Crippen LogP contribution in [0, 0.1) is 0 Å². The molecule has 0 aliphatic carbocycles. The predicted octanol–water partition coefficient (Wildman–Crippen LogP) is 1.82. The first-order valence-corrected chi connectivity index (χ1v) is 6.28. The first kappa shape index (κ1) is 16.2. The lowest BCUT2D eigenvalue weighted by Crippen LogP contribution is -2.28. The summed E-state index contributed by atoms with van der Waals surface area (Å²) in [5.41, 5.74) is 7.44. The zero-order chi connectivity index (χ0) is 13.7. The highest BCUT2D eigenvalue weighted by molar-refractivity contribution is 5.85. The zero-order valence-electron chi connectivity index (χ0n) is 11.3. The largest absolute Gasteiger partial charge is 0.350 e. The number of halogens is 1. The van der Waals surface area contributed by atoms with Crippen molar-refractivity contribution in [2.24, 2.45) is 5.73 Å². The molecule has 2 aromatic rings. The van der Waals surface area contributed by atoms with Gasteiger partial charge in [-0.1, -0.05) is 12.1 Å². The fraction of sp³-hybridized carbons (Fsp3) is 0.286. The summed E-state index contributed by atoms with van der Waals surface area (Å²) < 4.78 is 1.93. The molecule has 1 amide bonds. The summed E-state index contributed by atoms with van der Waals surface area (Å²) in [5.74, 6) is -0.0250. The van der Waals surface area contributed by atoms with Crippen molar-refractivity contribution < 1.29 is 4.79 Å². The van der Waals surface area contributed by atoms with E-state index in [1.165, 1.54) is 0 Å². The molecular weight excluding hydrogens is 276 g/mol. The number of hydrogen-bond donors (Lipinski definition) is 2. The molecule has 20 heavy (non-hydrogen) atoms. The number of hydrogen-bond acceptors (Lipinski definition) is 3. The predicted molar refractivity (Wildman–Crippen MR) is 81.0 cm³/mol. The summed E-state index contributed by atoms with van der Waals surface area (Å²) in [6.45, 7) is 2.33. The van der Waals surface area contributed by atoms with Crippen LogP contribution in [-0.4, -0.2) is 22.0 Å². The Hall–Kier alpha value is -1.85. The molecule has 1 unspecified atom stereocenters. The molecule has 6 heteroatoms. The van der Waals surface area contributed by atoms with Gasteiger partial charge in [-0.15, -0.1) is 12.4 Å². The number of benzene rings is 1. The van der Waals surface area contributed by atoms with Gasteiger partial charge in [0.1, 0.15) is 0 Å². The van der Waals surface area contributed by atoms with E-state index >= 15 is 0 Å². The van der Waals surface area contributed by atoms with Crippen molar-refractivity contribution in [1.29, 1.82) is 0 Å². The summed E-state index contributed by atoms with van der Waals surface area (Å²) >= 11 is 0. The third-order valence-corrected chi connectivity index (χ3v) is 2.92. The molecule has 0 spiro atoms. The zero-order valence-corrected chi connectivity index (χ0v) is 12.1. The van der Waals surface area contributed by atoms with Crippen molar-refractivity contribution >= 4 is 18.3 Å². The molecule has 0 radical (unpaired) electrons. The highest BCUT2D eigenvalue weighted by atomic mass is 35.5. The Labute approximate surface area is 124 Å². The first-order chi connectivity index (χ1) is 9.20. The second kappa shape index (κ2) is 7.67. The van der Waals surface area contributed by atoms with Gasteiger partial charge in [0, 0.05) is 31.0 Å². The molecule has 108 valence electrons. The van der Waals surface area contributed by atoms with Gasteiger partial charge in [0.2, 0.25) is 5.91 Å². The van der Waals surface area contributed by atoms with Crippen LogP contribution in [0.4, 0.5) is 0 Å². The number of nitrogens with one attached hydrogen (secondary N) is 1. The van der Waals surface area contributed by atoms with E-state index in [-0.39, 0.29) is 24.4 Å². The monoisotopic (exact) mass is 294 g/mol. The molecule has 0 aliphatic rings. The molecular formula is C14H19ClN4O. The van der Waals surface area contributed by atoms with Crippen LogP contribution in [0.3, 0.4) is 0 Å². The second-order valence-corrected chi connectivity index (χ2v) is 4.39. The maximum absolute atomic E-state index is 11.5. The van der Waals surface area contributed by atoms with Gasteiger partial charge in [-0.2, -0.15) is 0 Å². The van der Waals surface area contributed by atoms with E-state index in [1.807, 2.05) is 42.0 Å². The molecule has 0 aliphatic heterocycles. The number of carbonyl (C=O) groups is 1. The highest BCUT2D eigenvalue weighted by Gasteiger charge is 2.09. The Morgan fingerprint density at radius 2 is 2.30 bits per heavy atom. The Morgan fingerprint density at radius 1 is 1.50 bits per heavy atom. The number of nitrogens with two attached hydrogens (primary N) is 1. The molecule has 1 heterocycles. The van der Waals surface area contributed by atoms with Crippen molar-refractivity contribution in [1.82, 2.24) is 14.9 Å². The Bertz CT molecular complexity index is 542. The maximum Gasteiger partial charge on any atom is 0.221 e. The number of rotatable bonds is 5. The van der Waals surface area contributed by atoms with Gasteiger partial charge in [-0.25, -0.2) is 4.98 Å². The fourth-order valence-corrected chi connectivity index (χ4v) is 1.89. The van der Waals surface area contributed by atoms with Crippen LogP contribution in [0.1, 0.15) is 24.9 Å². The molecule has 1 atom stereocenters. The molecule has 0 fully saturated rings. The lowest BCUT2D eigenvalue weighted by Gasteiger charge is -2.15. The topological polar surface area (TPSA) is 72.9 Å². The van der Waals surface area contributed by atoms with E-state index in [1.54, 1.807) is 12.5 Å². The lowest BCUT2D eigenvalue weighted by atomic mass is 10.1. The van der Waals surface area contributed by atoms with E-state index in [0.717, 1.165) is 11.3 Å². The van der Waals surface area contributed by atoms with Gasteiger partial charge in [0.25, 0.3) is 0 Å². The fourth-order valence-electron chi connectivity index (χ4n) is 1.89. The smallest absolute Gasteiger partial charge is 0.221 e. The van der Waals surface area contributed by atoms with E-state index in [4.69, 9.17) is 5.73 Å². The van der Waals surface area contributed by atoms with Crippen molar-refractivity contribution in [2.75, 3.05) is 6.54 Å². The van der Waals surface area contributed by atoms with Crippen molar-refractivity contribution in [3.05, 3.63) is 48.5 Å². The number of nitrogens with zero attached hydrogens (tertiary/aromatic N) is 2. The first-order valence-electron chi connectivity index (χ1n) is 6.28. The summed E-state index contributed by atoms with van der Waals surface area (Å²) in [6, 6.07) is 7.96. The van der Waals surface area contributed by atoms with Gasteiger partial charge < -0.3 is 15.6 Å². The van der Waals surface area contributed by atoms with Crippen molar-refractivity contribution in [3.8, 4) is 5.69 Å². The minimum atomic E-state index is -0.0393. The third-order valence-electron chi connectivity index (χ3n) is 2.92. The van der Waals surface area contributed by atoms with Gasteiger partial charge in [0.05, 0.1) is 12.4 Å². The molecule has 0 saturated carbocycles. The number of imidazole rings is 1. The van der Waals surface area contributed by atoms with Gasteiger partial charge in [0.15, 0.2) is 0 Å². The van der Waals surface area contributed by atoms with Crippen LogP contribution >= 0.6 is 12.4 Å². The Morgan fingerprint density at radius 3 is 2.95 bits per heavy atom. The standard InChI is InChI=1S/C14H18N4O.ClH/c1-11(17-14(19)5-6-15)12-3-2-4-13(9-12)18-8-7-16-10-18;/h2-4,7-11H,5-6,15H2,1H3,(H,17,19);1H. The minimum Gasteiger partial charge on any atom is -0.350 e. The van der Waals surface area contributed by atoms with E-state index in [9.17, 15) is 4.79 Å². The van der Waals surface area contributed by atoms with Crippen LogP contribution in [-0.2, 0) is 4.79 Å². The van der Waals surface area contributed by atoms with E-state index in [0.29, 0.717) is 13.0 Å². The number of aromatic nitrogens is 2. The van der Waals surface area contributed by atoms with Crippen LogP contribution < -0.4 is 11.1 Å². The number of amides is 1. The van der Waals surface area contributed by atoms with Crippen LogP contribution in [0.15, 0.2) is 43.0 Å². The molecule has 3 N–H and O–H groups in total. The lowest BCUT2D eigenvalue weighted by molar-refractivity contribution is -0.121. The highest BCUT2D eigenvalue weighted by Crippen LogP contribution is 2.16. The van der Waals surface area contributed by atoms with E-state index < -0.39 is 0 Å². The SMILES string of the molecule is CC(NC(=O)CCN)c1cccc(-n2ccnc2)c1.Cl.